The van der Waals surface area contributed by atoms with E-state index in [1.807, 2.05) is 0 Å². The summed E-state index contributed by atoms with van der Waals surface area (Å²) in [5.74, 6) is 0.404. The minimum Gasteiger partial charge on any atom is -0.493 e. The highest BCUT2D eigenvalue weighted by Gasteiger charge is 2.15. The van der Waals surface area contributed by atoms with Crippen molar-refractivity contribution >= 4 is 5.97 Å². The van der Waals surface area contributed by atoms with E-state index in [1.165, 1.54) is 33.6 Å². The second kappa shape index (κ2) is 6.13. The van der Waals surface area contributed by atoms with Gasteiger partial charge in [-0.25, -0.2) is 9.78 Å². The Kier molecular flexibility index (Phi) is 4.27. The smallest absolute Gasteiger partial charge is 0.354 e. The van der Waals surface area contributed by atoms with E-state index in [0.717, 1.165) is 5.56 Å². The van der Waals surface area contributed by atoms with Crippen molar-refractivity contribution in [1.82, 2.24) is 4.98 Å². The third-order valence-corrected chi connectivity index (χ3v) is 2.98. The number of pyridine rings is 1. The molecule has 0 aliphatic heterocycles. The van der Waals surface area contributed by atoms with Crippen LogP contribution in [0.3, 0.4) is 0 Å². The molecule has 1 N–H and O–H groups in total. The van der Waals surface area contributed by atoms with Gasteiger partial charge in [0.05, 0.1) is 21.3 Å². The van der Waals surface area contributed by atoms with Gasteiger partial charge in [-0.3, -0.25) is 0 Å². The first-order valence-corrected chi connectivity index (χ1v) is 6.10. The summed E-state index contributed by atoms with van der Waals surface area (Å²) in [5.41, 5.74) is 1.41. The van der Waals surface area contributed by atoms with Crippen LogP contribution in [0.4, 0.5) is 0 Å². The van der Waals surface area contributed by atoms with Crippen LogP contribution in [0.2, 0.25) is 0 Å². The van der Waals surface area contributed by atoms with Crippen molar-refractivity contribution in [2.24, 2.45) is 0 Å². The number of hydrogen-bond donors (Lipinski definition) is 1. The second-order valence-electron chi connectivity index (χ2n) is 4.15. The van der Waals surface area contributed by atoms with Gasteiger partial charge in [0, 0.05) is 6.20 Å². The number of rotatable bonds is 5. The fourth-order valence-electron chi connectivity index (χ4n) is 1.97. The van der Waals surface area contributed by atoms with Crippen LogP contribution in [-0.2, 0) is 0 Å². The molecule has 0 aliphatic rings. The van der Waals surface area contributed by atoms with Crippen molar-refractivity contribution in [3.05, 3.63) is 36.2 Å². The minimum absolute atomic E-state index is 0.0266. The van der Waals surface area contributed by atoms with E-state index >= 15 is 0 Å². The zero-order valence-corrected chi connectivity index (χ0v) is 11.9. The second-order valence-corrected chi connectivity index (χ2v) is 4.15. The summed E-state index contributed by atoms with van der Waals surface area (Å²) in [6, 6.07) is 6.71. The Hall–Kier alpha value is -2.76. The van der Waals surface area contributed by atoms with E-state index < -0.39 is 5.97 Å². The van der Waals surface area contributed by atoms with Gasteiger partial charge in [-0.1, -0.05) is 0 Å². The number of aromatic nitrogens is 1. The fraction of sp³-hybridized carbons (Fsp3) is 0.200. The lowest BCUT2D eigenvalue weighted by atomic mass is 10.0. The predicted molar refractivity (Wildman–Crippen MR) is 76.3 cm³/mol. The van der Waals surface area contributed by atoms with Gasteiger partial charge in [-0.2, -0.15) is 0 Å². The van der Waals surface area contributed by atoms with Crippen LogP contribution in [0, 0.1) is 0 Å². The number of methoxy groups -OCH3 is 3. The van der Waals surface area contributed by atoms with Gasteiger partial charge >= 0.3 is 5.97 Å². The third-order valence-electron chi connectivity index (χ3n) is 2.98. The van der Waals surface area contributed by atoms with Gasteiger partial charge in [0.15, 0.2) is 11.5 Å². The van der Waals surface area contributed by atoms with Gasteiger partial charge in [0.2, 0.25) is 5.75 Å². The Morgan fingerprint density at radius 2 is 1.62 bits per heavy atom. The minimum atomic E-state index is -1.08. The first kappa shape index (κ1) is 14.6. The van der Waals surface area contributed by atoms with Crippen LogP contribution in [-0.4, -0.2) is 37.4 Å². The summed E-state index contributed by atoms with van der Waals surface area (Å²) in [6.45, 7) is 0. The van der Waals surface area contributed by atoms with Crippen molar-refractivity contribution in [3.8, 4) is 28.4 Å². The molecule has 2 rings (SSSR count). The highest BCUT2D eigenvalue weighted by Crippen LogP contribution is 2.41. The summed E-state index contributed by atoms with van der Waals surface area (Å²) in [7, 11) is 4.57. The Morgan fingerprint density at radius 1 is 1.00 bits per heavy atom. The molecule has 0 spiro atoms. The van der Waals surface area contributed by atoms with Crippen molar-refractivity contribution in [2.75, 3.05) is 21.3 Å². The maximum absolute atomic E-state index is 11.0. The number of benzene rings is 1. The highest BCUT2D eigenvalue weighted by atomic mass is 16.5. The molecule has 1 aromatic carbocycles. The molecule has 21 heavy (non-hydrogen) atoms. The molecule has 0 saturated carbocycles. The largest absolute Gasteiger partial charge is 0.493 e. The number of carboxylic acid groups (broad SMARTS) is 1. The van der Waals surface area contributed by atoms with E-state index in [-0.39, 0.29) is 5.69 Å². The SMILES string of the molecule is COc1cc(-c2ccnc(C(=O)O)c2)cc(OC)c1OC. The highest BCUT2D eigenvalue weighted by molar-refractivity contribution is 5.87. The third kappa shape index (κ3) is 2.89. The standard InChI is InChI=1S/C15H15NO5/c1-19-12-7-10(8-13(20-2)14(12)21-3)9-4-5-16-11(6-9)15(17)18/h4-8H,1-3H3,(H,17,18). The molecule has 1 heterocycles. The van der Waals surface area contributed by atoms with E-state index in [0.29, 0.717) is 22.8 Å². The summed E-state index contributed by atoms with van der Waals surface area (Å²) < 4.78 is 15.8. The topological polar surface area (TPSA) is 77.9 Å². The van der Waals surface area contributed by atoms with Gasteiger partial charge in [0.25, 0.3) is 0 Å². The molecule has 0 amide bonds. The average molecular weight is 289 g/mol. The van der Waals surface area contributed by atoms with E-state index in [1.54, 1.807) is 18.2 Å². The summed E-state index contributed by atoms with van der Waals surface area (Å²) in [4.78, 5) is 14.8. The van der Waals surface area contributed by atoms with Crippen LogP contribution in [0.1, 0.15) is 10.5 Å². The lowest BCUT2D eigenvalue weighted by molar-refractivity contribution is 0.0690. The predicted octanol–water partition coefficient (Wildman–Crippen LogP) is 2.47. The molecule has 110 valence electrons. The quantitative estimate of drug-likeness (QED) is 0.911. The summed E-state index contributed by atoms with van der Waals surface area (Å²) >= 11 is 0. The van der Waals surface area contributed by atoms with Crippen LogP contribution in [0.5, 0.6) is 17.2 Å². The molecule has 0 radical (unpaired) electrons. The lowest BCUT2D eigenvalue weighted by Gasteiger charge is -2.14. The van der Waals surface area contributed by atoms with Crippen molar-refractivity contribution in [1.29, 1.82) is 0 Å². The zero-order valence-electron chi connectivity index (χ0n) is 11.9. The maximum Gasteiger partial charge on any atom is 0.354 e. The van der Waals surface area contributed by atoms with Gasteiger partial charge in [0.1, 0.15) is 5.69 Å². The Morgan fingerprint density at radius 3 is 2.10 bits per heavy atom. The Balaban J connectivity index is 2.58. The molecule has 0 atom stereocenters. The van der Waals surface area contributed by atoms with Crippen LogP contribution in [0.15, 0.2) is 30.5 Å². The summed E-state index contributed by atoms with van der Waals surface area (Å²) in [5, 5.41) is 9.01. The Labute approximate surface area is 121 Å². The molecule has 2 aromatic rings. The molecule has 6 heteroatoms. The molecular weight excluding hydrogens is 274 g/mol. The van der Waals surface area contributed by atoms with Crippen LogP contribution in [0.25, 0.3) is 11.1 Å². The number of carboxylic acids is 1. The van der Waals surface area contributed by atoms with Crippen molar-refractivity contribution in [3.63, 3.8) is 0 Å². The first-order valence-electron chi connectivity index (χ1n) is 6.10. The lowest BCUT2D eigenvalue weighted by Crippen LogP contribution is -2.00. The van der Waals surface area contributed by atoms with Crippen molar-refractivity contribution in [2.45, 2.75) is 0 Å². The molecule has 6 nitrogen and oxygen atoms in total. The number of hydrogen-bond acceptors (Lipinski definition) is 5. The Bertz CT molecular complexity index is 644. The summed E-state index contributed by atoms with van der Waals surface area (Å²) in [6.07, 6.45) is 1.45. The zero-order chi connectivity index (χ0) is 15.4. The monoisotopic (exact) mass is 289 g/mol. The number of nitrogens with zero attached hydrogens (tertiary/aromatic N) is 1. The molecule has 0 bridgehead atoms. The van der Waals surface area contributed by atoms with Gasteiger partial charge < -0.3 is 19.3 Å². The molecule has 0 aliphatic carbocycles. The average Bonchev–Trinajstić information content (AvgIpc) is 2.53. The van der Waals surface area contributed by atoms with E-state index in [9.17, 15) is 4.79 Å². The van der Waals surface area contributed by atoms with Gasteiger partial charge in [-0.05, 0) is 35.4 Å². The fourth-order valence-corrected chi connectivity index (χ4v) is 1.97. The van der Waals surface area contributed by atoms with Gasteiger partial charge in [-0.15, -0.1) is 0 Å². The number of ether oxygens (including phenoxy) is 3. The van der Waals surface area contributed by atoms with E-state index in [4.69, 9.17) is 19.3 Å². The molecule has 0 saturated heterocycles. The van der Waals surface area contributed by atoms with Crippen LogP contribution < -0.4 is 14.2 Å². The number of aromatic carboxylic acids is 1. The van der Waals surface area contributed by atoms with E-state index in [2.05, 4.69) is 4.98 Å². The molecular formula is C15H15NO5. The van der Waals surface area contributed by atoms with Crippen molar-refractivity contribution < 1.29 is 24.1 Å². The molecule has 0 unspecified atom stereocenters. The normalized spacial score (nSPS) is 10.0. The first-order chi connectivity index (χ1) is 10.1. The van der Waals surface area contributed by atoms with Crippen LogP contribution >= 0.6 is 0 Å². The molecule has 0 fully saturated rings. The molecule has 1 aromatic heterocycles. The maximum atomic E-state index is 11.0. The number of carbonyl (C=O) groups is 1.